The van der Waals surface area contributed by atoms with Crippen molar-refractivity contribution in [3.05, 3.63) is 0 Å². The standard InChI is InChI=1S/ClH.K.La.H3O4P.H/c;;;1-5(2,3)4;/h1H;;;(H3,1,2,3,4);. The molecule has 0 amide bonds. The Bertz CT molecular complexity index is 62.2. The summed E-state index contributed by atoms with van der Waals surface area (Å²) in [5.41, 5.74) is 0. The first-order valence-corrected chi connectivity index (χ1v) is 2.35. The van der Waals surface area contributed by atoms with Crippen LogP contribution in [0, 0.1) is 35.6 Å². The molecule has 0 aromatic carbocycles. The molecule has 0 saturated carbocycles. The molecule has 0 aliphatic heterocycles. The van der Waals surface area contributed by atoms with Gasteiger partial charge in [0.25, 0.3) is 0 Å². The van der Waals surface area contributed by atoms with Gasteiger partial charge in [-0.3, -0.25) is 0 Å². The maximum Gasteiger partial charge on any atom is 0 e. The van der Waals surface area contributed by atoms with Crippen molar-refractivity contribution in [1.29, 1.82) is 0 Å². The Morgan fingerprint density at radius 1 is 1.12 bits per heavy atom. The molecule has 0 bridgehead atoms. The zero-order chi connectivity index (χ0) is 4.50. The molecule has 0 aliphatic rings. The second kappa shape index (κ2) is 10.2. The predicted molar refractivity (Wildman–Crippen MR) is 28.7 cm³/mol. The zero-order valence-electron chi connectivity index (χ0n) is 3.18. The van der Waals surface area contributed by atoms with Crippen LogP contribution in [0.3, 0.4) is 0 Å². The summed E-state index contributed by atoms with van der Waals surface area (Å²) < 4.78 is 8.88. The van der Waals surface area contributed by atoms with Gasteiger partial charge in [0.1, 0.15) is 0 Å². The van der Waals surface area contributed by atoms with E-state index >= 15 is 0 Å². The number of phosphoric acid groups is 1. The fraction of sp³-hybridized carbons (Fsp3) is 0. The summed E-state index contributed by atoms with van der Waals surface area (Å²) >= 11 is 0. The van der Waals surface area contributed by atoms with E-state index in [-0.39, 0.29) is 99.4 Å². The molecule has 0 saturated heterocycles. The van der Waals surface area contributed by atoms with E-state index in [4.69, 9.17) is 19.2 Å². The molecule has 8 heavy (non-hydrogen) atoms. The minimum atomic E-state index is -4.64. The molecule has 4 nitrogen and oxygen atoms in total. The van der Waals surface area contributed by atoms with Gasteiger partial charge in [0.15, 0.2) is 0 Å². The van der Waals surface area contributed by atoms with E-state index in [1.54, 1.807) is 0 Å². The summed E-state index contributed by atoms with van der Waals surface area (Å²) in [5.74, 6) is 0. The molecule has 3 N–H and O–H groups in total. The van der Waals surface area contributed by atoms with E-state index < -0.39 is 7.82 Å². The van der Waals surface area contributed by atoms with Gasteiger partial charge in [-0.2, -0.15) is 0 Å². The Morgan fingerprint density at radius 2 is 1.12 bits per heavy atom. The zero-order valence-corrected chi connectivity index (χ0v) is 8.52. The summed E-state index contributed by atoms with van der Waals surface area (Å²) in [6, 6.07) is 0. The van der Waals surface area contributed by atoms with Gasteiger partial charge in [-0.05, 0) is 0 Å². The second-order valence-corrected chi connectivity index (χ2v) is 1.54. The quantitative estimate of drug-likeness (QED) is 0.390. The molecule has 45 valence electrons. The third kappa shape index (κ3) is 59.9. The van der Waals surface area contributed by atoms with Crippen LogP contribution in [0.2, 0.25) is 0 Å². The topological polar surface area (TPSA) is 77.8 Å². The van der Waals surface area contributed by atoms with Gasteiger partial charge >= 0.3 is 59.2 Å². The predicted octanol–water partition coefficient (Wildman–Crippen LogP) is -1.16. The third-order valence-electron chi connectivity index (χ3n) is 0. The largest absolute Gasteiger partial charge is 0 e. The molecule has 0 heterocycles. The minimum absolute atomic E-state index is 0. The van der Waals surface area contributed by atoms with Crippen molar-refractivity contribution in [2.24, 2.45) is 0 Å². The Labute approximate surface area is 123 Å². The molecule has 0 fully saturated rings. The van der Waals surface area contributed by atoms with Crippen LogP contribution in [0.15, 0.2) is 0 Å². The number of hydrogen-bond acceptors (Lipinski definition) is 1. The van der Waals surface area contributed by atoms with Crippen molar-refractivity contribution in [3.63, 3.8) is 0 Å². The molecule has 0 aromatic rings. The van der Waals surface area contributed by atoms with Crippen molar-refractivity contribution in [3.8, 4) is 0 Å². The van der Waals surface area contributed by atoms with Crippen LogP contribution < -0.4 is 0 Å². The van der Waals surface area contributed by atoms with E-state index in [0.717, 1.165) is 0 Å². The average molecular weight is 313 g/mol. The van der Waals surface area contributed by atoms with Crippen LogP contribution in [0.5, 0.6) is 0 Å². The summed E-state index contributed by atoms with van der Waals surface area (Å²) in [4.78, 5) is 21.6. The molecular weight excluding hydrogens is 308 g/mol. The van der Waals surface area contributed by atoms with Gasteiger partial charge in [0, 0.05) is 35.6 Å². The molecule has 1 radical (unpaired) electrons. The Kier molecular flexibility index (Phi) is 28.8. The van der Waals surface area contributed by atoms with E-state index in [1.165, 1.54) is 0 Å². The summed E-state index contributed by atoms with van der Waals surface area (Å²) in [6.07, 6.45) is 0. The van der Waals surface area contributed by atoms with E-state index in [9.17, 15) is 0 Å². The van der Waals surface area contributed by atoms with Gasteiger partial charge in [0.05, 0.1) is 0 Å². The second-order valence-electron chi connectivity index (χ2n) is 0.513. The average Bonchev–Trinajstić information content (AvgIpc) is 0.722. The van der Waals surface area contributed by atoms with Gasteiger partial charge in [0.2, 0.25) is 0 Å². The molecule has 0 rings (SSSR count). The first-order chi connectivity index (χ1) is 2.00. The van der Waals surface area contributed by atoms with Crippen LogP contribution in [-0.2, 0) is 4.57 Å². The molecule has 0 aliphatic carbocycles. The van der Waals surface area contributed by atoms with E-state index in [1.807, 2.05) is 0 Å². The molecule has 8 heteroatoms. The molecule has 0 atom stereocenters. The number of halogens is 1. The van der Waals surface area contributed by atoms with Gasteiger partial charge in [-0.15, -0.1) is 12.4 Å². The van der Waals surface area contributed by atoms with Crippen molar-refractivity contribution >= 4 is 71.6 Å². The molecule has 0 aromatic heterocycles. The maximum absolute atomic E-state index is 8.88. The Balaban J connectivity index is -0.0000000267. The van der Waals surface area contributed by atoms with Crippen LogP contribution >= 0.6 is 20.2 Å². The van der Waals surface area contributed by atoms with Gasteiger partial charge in [-0.25, -0.2) is 4.57 Å². The normalized spacial score (nSPS) is 7.38. The smallest absolute Gasteiger partial charge is 0 e. The van der Waals surface area contributed by atoms with E-state index in [0.29, 0.717) is 0 Å². The van der Waals surface area contributed by atoms with Crippen LogP contribution in [0.25, 0.3) is 0 Å². The number of hydrogen-bond donors (Lipinski definition) is 3. The van der Waals surface area contributed by atoms with Crippen LogP contribution in [0.1, 0.15) is 0 Å². The monoisotopic (exact) mass is 313 g/mol. The third-order valence-corrected chi connectivity index (χ3v) is 0. The fourth-order valence-corrected chi connectivity index (χ4v) is 0. The van der Waals surface area contributed by atoms with Crippen molar-refractivity contribution in [2.75, 3.05) is 0 Å². The number of rotatable bonds is 0. The van der Waals surface area contributed by atoms with E-state index in [2.05, 4.69) is 0 Å². The van der Waals surface area contributed by atoms with Crippen LogP contribution in [0.4, 0.5) is 0 Å². The first-order valence-electron chi connectivity index (χ1n) is 0.783. The first kappa shape index (κ1) is 22.5. The van der Waals surface area contributed by atoms with Crippen molar-refractivity contribution in [2.45, 2.75) is 0 Å². The fourth-order valence-electron chi connectivity index (χ4n) is 0. The van der Waals surface area contributed by atoms with Crippen molar-refractivity contribution in [1.82, 2.24) is 0 Å². The van der Waals surface area contributed by atoms with Gasteiger partial charge in [-0.1, -0.05) is 0 Å². The summed E-state index contributed by atoms with van der Waals surface area (Å²) in [6.45, 7) is 0. The Hall–Kier alpha value is 3.23. The Morgan fingerprint density at radius 3 is 1.12 bits per heavy atom. The summed E-state index contributed by atoms with van der Waals surface area (Å²) in [7, 11) is -4.64. The minimum Gasteiger partial charge on any atom is 0 e. The molecular formula is H5ClKLaO4P. The van der Waals surface area contributed by atoms with Crippen molar-refractivity contribution < 1.29 is 54.8 Å². The molecule has 0 spiro atoms. The SMILES string of the molecule is Cl.O=P(O)(O)O.[KH].[La]. The van der Waals surface area contributed by atoms with Gasteiger partial charge < -0.3 is 14.7 Å². The maximum atomic E-state index is 8.88. The van der Waals surface area contributed by atoms with Crippen LogP contribution in [-0.4, -0.2) is 66.1 Å². The molecule has 0 unspecified atom stereocenters. The summed E-state index contributed by atoms with van der Waals surface area (Å²) in [5, 5.41) is 0.